The lowest BCUT2D eigenvalue weighted by Crippen LogP contribution is -2.16. The van der Waals surface area contributed by atoms with E-state index in [0.717, 1.165) is 17.7 Å². The third kappa shape index (κ3) is 3.33. The molecule has 0 aliphatic carbocycles. The van der Waals surface area contributed by atoms with Crippen molar-refractivity contribution in [2.75, 3.05) is 0 Å². The fraction of sp³-hybridized carbons (Fsp3) is 0.111. The highest BCUT2D eigenvalue weighted by Gasteiger charge is 2.11. The molecular formula is C18H17N3. The van der Waals surface area contributed by atoms with Gasteiger partial charge in [0.15, 0.2) is 0 Å². The first-order chi connectivity index (χ1) is 10.3. The summed E-state index contributed by atoms with van der Waals surface area (Å²) in [6, 6.07) is 22.0. The number of rotatable bonds is 4. The van der Waals surface area contributed by atoms with Gasteiger partial charge in [0.25, 0.3) is 0 Å². The van der Waals surface area contributed by atoms with Gasteiger partial charge in [0.1, 0.15) is 5.82 Å². The molecule has 21 heavy (non-hydrogen) atoms. The SMILES string of the molecule is NC(Cc1ccccc1)c1nccc(-c2ccccc2)n1. The lowest BCUT2D eigenvalue weighted by atomic mass is 10.1. The highest BCUT2D eigenvalue weighted by atomic mass is 14.9. The van der Waals surface area contributed by atoms with E-state index in [2.05, 4.69) is 22.1 Å². The third-order valence-corrected chi connectivity index (χ3v) is 3.37. The maximum Gasteiger partial charge on any atom is 0.145 e. The molecule has 1 heterocycles. The number of benzene rings is 2. The van der Waals surface area contributed by atoms with Crippen LogP contribution < -0.4 is 5.73 Å². The van der Waals surface area contributed by atoms with Gasteiger partial charge in [-0.3, -0.25) is 0 Å². The Hall–Kier alpha value is -2.52. The summed E-state index contributed by atoms with van der Waals surface area (Å²) in [5.41, 5.74) is 9.43. The Morgan fingerprint density at radius 2 is 1.52 bits per heavy atom. The van der Waals surface area contributed by atoms with Gasteiger partial charge < -0.3 is 5.73 Å². The van der Waals surface area contributed by atoms with Gasteiger partial charge in [-0.15, -0.1) is 0 Å². The van der Waals surface area contributed by atoms with Crippen LogP contribution in [0.4, 0.5) is 0 Å². The van der Waals surface area contributed by atoms with Gasteiger partial charge in [0, 0.05) is 11.8 Å². The number of aromatic nitrogens is 2. The van der Waals surface area contributed by atoms with E-state index in [9.17, 15) is 0 Å². The van der Waals surface area contributed by atoms with Crippen LogP contribution in [0.3, 0.4) is 0 Å². The second-order valence-electron chi connectivity index (χ2n) is 4.96. The minimum absolute atomic E-state index is 0.198. The first-order valence-electron chi connectivity index (χ1n) is 7.01. The summed E-state index contributed by atoms with van der Waals surface area (Å²) >= 11 is 0. The van der Waals surface area contributed by atoms with E-state index in [1.807, 2.05) is 54.6 Å². The molecule has 3 rings (SSSR count). The standard InChI is InChI=1S/C18H17N3/c19-16(13-14-7-3-1-4-8-14)18-20-12-11-17(21-18)15-9-5-2-6-10-15/h1-12,16H,13,19H2. The van der Waals surface area contributed by atoms with Gasteiger partial charge in [-0.2, -0.15) is 0 Å². The zero-order valence-corrected chi connectivity index (χ0v) is 11.7. The van der Waals surface area contributed by atoms with Crippen LogP contribution in [0.1, 0.15) is 17.4 Å². The topological polar surface area (TPSA) is 51.8 Å². The van der Waals surface area contributed by atoms with E-state index < -0.39 is 0 Å². The van der Waals surface area contributed by atoms with Crippen LogP contribution in [-0.2, 0) is 6.42 Å². The van der Waals surface area contributed by atoms with Crippen molar-refractivity contribution in [2.45, 2.75) is 12.5 Å². The minimum Gasteiger partial charge on any atom is -0.321 e. The van der Waals surface area contributed by atoms with E-state index in [0.29, 0.717) is 5.82 Å². The zero-order chi connectivity index (χ0) is 14.5. The largest absolute Gasteiger partial charge is 0.321 e. The molecule has 2 N–H and O–H groups in total. The lowest BCUT2D eigenvalue weighted by molar-refractivity contribution is 0.668. The Kier molecular flexibility index (Phi) is 4.03. The Morgan fingerprint density at radius 1 is 0.857 bits per heavy atom. The molecule has 0 aliphatic heterocycles. The quantitative estimate of drug-likeness (QED) is 0.794. The monoisotopic (exact) mass is 275 g/mol. The fourth-order valence-electron chi connectivity index (χ4n) is 2.28. The molecule has 0 spiro atoms. The molecule has 1 atom stereocenters. The molecular weight excluding hydrogens is 258 g/mol. The van der Waals surface area contributed by atoms with Gasteiger partial charge in [-0.25, -0.2) is 9.97 Å². The number of hydrogen-bond donors (Lipinski definition) is 1. The highest BCUT2D eigenvalue weighted by molar-refractivity contribution is 5.58. The summed E-state index contributed by atoms with van der Waals surface area (Å²) in [5.74, 6) is 0.681. The molecule has 0 bridgehead atoms. The van der Waals surface area contributed by atoms with Crippen molar-refractivity contribution in [1.82, 2.24) is 9.97 Å². The summed E-state index contributed by atoms with van der Waals surface area (Å²) in [6.45, 7) is 0. The molecule has 1 unspecified atom stereocenters. The van der Waals surface area contributed by atoms with Gasteiger partial charge >= 0.3 is 0 Å². The van der Waals surface area contributed by atoms with Crippen LogP contribution in [0.25, 0.3) is 11.3 Å². The van der Waals surface area contributed by atoms with Crippen molar-refractivity contribution < 1.29 is 0 Å². The van der Waals surface area contributed by atoms with Crippen LogP contribution in [0.2, 0.25) is 0 Å². The van der Waals surface area contributed by atoms with Crippen LogP contribution in [0.15, 0.2) is 72.9 Å². The molecule has 0 saturated carbocycles. The average Bonchev–Trinajstić information content (AvgIpc) is 2.57. The zero-order valence-electron chi connectivity index (χ0n) is 11.7. The smallest absolute Gasteiger partial charge is 0.145 e. The van der Waals surface area contributed by atoms with Crippen molar-refractivity contribution in [3.8, 4) is 11.3 Å². The maximum absolute atomic E-state index is 6.25. The average molecular weight is 275 g/mol. The summed E-state index contributed by atoms with van der Waals surface area (Å²) in [4.78, 5) is 8.93. The second-order valence-corrected chi connectivity index (χ2v) is 4.96. The first-order valence-corrected chi connectivity index (χ1v) is 7.01. The summed E-state index contributed by atoms with van der Waals surface area (Å²) < 4.78 is 0. The molecule has 2 aromatic carbocycles. The van der Waals surface area contributed by atoms with Crippen molar-refractivity contribution in [2.24, 2.45) is 5.73 Å². The molecule has 0 aliphatic rings. The molecule has 3 heteroatoms. The van der Waals surface area contributed by atoms with Crippen molar-refractivity contribution in [3.63, 3.8) is 0 Å². The van der Waals surface area contributed by atoms with Gasteiger partial charge in [-0.05, 0) is 18.1 Å². The summed E-state index contributed by atoms with van der Waals surface area (Å²) in [6.07, 6.45) is 2.51. The van der Waals surface area contributed by atoms with Crippen molar-refractivity contribution >= 4 is 0 Å². The Bertz CT molecular complexity index is 696. The molecule has 0 saturated heterocycles. The van der Waals surface area contributed by atoms with Gasteiger partial charge in [0.2, 0.25) is 0 Å². The molecule has 3 nitrogen and oxygen atoms in total. The van der Waals surface area contributed by atoms with E-state index in [4.69, 9.17) is 5.73 Å². The van der Waals surface area contributed by atoms with E-state index in [-0.39, 0.29) is 6.04 Å². The second kappa shape index (κ2) is 6.29. The van der Waals surface area contributed by atoms with Gasteiger partial charge in [0.05, 0.1) is 11.7 Å². The van der Waals surface area contributed by atoms with Crippen LogP contribution in [-0.4, -0.2) is 9.97 Å². The van der Waals surface area contributed by atoms with Crippen LogP contribution >= 0.6 is 0 Å². The van der Waals surface area contributed by atoms with Crippen molar-refractivity contribution in [3.05, 3.63) is 84.3 Å². The fourth-order valence-corrected chi connectivity index (χ4v) is 2.28. The highest BCUT2D eigenvalue weighted by Crippen LogP contribution is 2.18. The molecule has 0 radical (unpaired) electrons. The molecule has 1 aromatic heterocycles. The number of nitrogens with zero attached hydrogens (tertiary/aromatic N) is 2. The van der Waals surface area contributed by atoms with E-state index in [1.54, 1.807) is 6.20 Å². The Labute approximate surface area is 124 Å². The predicted octanol–water partition coefficient (Wildman–Crippen LogP) is 3.39. The third-order valence-electron chi connectivity index (χ3n) is 3.37. The Morgan fingerprint density at radius 3 is 2.24 bits per heavy atom. The van der Waals surface area contributed by atoms with Crippen LogP contribution in [0.5, 0.6) is 0 Å². The predicted molar refractivity (Wildman–Crippen MR) is 84.5 cm³/mol. The lowest BCUT2D eigenvalue weighted by Gasteiger charge is -2.11. The van der Waals surface area contributed by atoms with E-state index in [1.165, 1.54) is 5.56 Å². The molecule has 104 valence electrons. The molecule has 0 amide bonds. The van der Waals surface area contributed by atoms with Crippen molar-refractivity contribution in [1.29, 1.82) is 0 Å². The Balaban J connectivity index is 1.83. The normalized spacial score (nSPS) is 12.0. The molecule has 0 fully saturated rings. The van der Waals surface area contributed by atoms with Crippen LogP contribution in [0, 0.1) is 0 Å². The van der Waals surface area contributed by atoms with Gasteiger partial charge in [-0.1, -0.05) is 60.7 Å². The number of hydrogen-bond acceptors (Lipinski definition) is 3. The van der Waals surface area contributed by atoms with E-state index >= 15 is 0 Å². The summed E-state index contributed by atoms with van der Waals surface area (Å²) in [5, 5.41) is 0. The first kappa shape index (κ1) is 13.5. The number of nitrogens with two attached hydrogens (primary N) is 1. The minimum atomic E-state index is -0.198. The summed E-state index contributed by atoms with van der Waals surface area (Å²) in [7, 11) is 0. The molecule has 3 aromatic rings. The maximum atomic E-state index is 6.25.